The molecular formula is C27H27N5O4S. The van der Waals surface area contributed by atoms with Gasteiger partial charge in [-0.05, 0) is 66.8 Å². The monoisotopic (exact) mass is 517 g/mol. The van der Waals surface area contributed by atoms with Crippen LogP contribution in [0.3, 0.4) is 0 Å². The van der Waals surface area contributed by atoms with Gasteiger partial charge in [-0.15, -0.1) is 0 Å². The lowest BCUT2D eigenvalue weighted by Gasteiger charge is -2.29. The smallest absolute Gasteiger partial charge is 0.250 e. The average molecular weight is 518 g/mol. The number of hydrogen-bond donors (Lipinski definition) is 2. The molecule has 2 N–H and O–H groups in total. The highest BCUT2D eigenvalue weighted by Gasteiger charge is 2.42. The van der Waals surface area contributed by atoms with Crippen LogP contribution in [0.15, 0.2) is 83.7 Å². The lowest BCUT2D eigenvalue weighted by Crippen LogP contribution is -2.30. The van der Waals surface area contributed by atoms with Gasteiger partial charge in [0.2, 0.25) is 5.91 Å². The number of furan rings is 1. The van der Waals surface area contributed by atoms with Crippen molar-refractivity contribution in [2.24, 2.45) is 0 Å². The van der Waals surface area contributed by atoms with Gasteiger partial charge in [0.1, 0.15) is 24.2 Å². The van der Waals surface area contributed by atoms with Crippen LogP contribution in [0.1, 0.15) is 29.2 Å². The van der Waals surface area contributed by atoms with Crippen molar-refractivity contribution in [1.29, 1.82) is 0 Å². The summed E-state index contributed by atoms with van der Waals surface area (Å²) in [5.74, 6) is 1.10. The fraction of sp³-hybridized carbons (Fsp3) is 0.222. The molecule has 1 aliphatic rings. The SMILES string of the molecule is COCC(=O)Nc1cc(N2C(=S)NC(c3ccccn3)C2c2cccn2Cc2ccco2)ccc1OC. The first kappa shape index (κ1) is 24.5. The fourth-order valence-corrected chi connectivity index (χ4v) is 4.95. The molecule has 1 fully saturated rings. The molecule has 0 saturated carbocycles. The molecule has 4 aromatic rings. The second-order valence-corrected chi connectivity index (χ2v) is 8.89. The topological polar surface area (TPSA) is 93.8 Å². The van der Waals surface area contributed by atoms with Gasteiger partial charge in [-0.3, -0.25) is 9.78 Å². The third-order valence-corrected chi connectivity index (χ3v) is 6.50. The summed E-state index contributed by atoms with van der Waals surface area (Å²) < 4.78 is 18.2. The van der Waals surface area contributed by atoms with Crippen molar-refractivity contribution in [3.05, 3.63) is 96.5 Å². The number of nitrogens with zero attached hydrogens (tertiary/aromatic N) is 3. The van der Waals surface area contributed by atoms with E-state index in [1.807, 2.05) is 65.7 Å². The molecule has 9 nitrogen and oxygen atoms in total. The van der Waals surface area contributed by atoms with E-state index in [0.717, 1.165) is 22.8 Å². The Morgan fingerprint density at radius 1 is 1.16 bits per heavy atom. The zero-order chi connectivity index (χ0) is 25.8. The maximum absolute atomic E-state index is 12.3. The molecule has 5 rings (SSSR count). The third-order valence-electron chi connectivity index (χ3n) is 6.18. The second kappa shape index (κ2) is 10.9. The second-order valence-electron chi connectivity index (χ2n) is 8.50. The van der Waals surface area contributed by atoms with E-state index in [9.17, 15) is 4.79 Å². The Bertz CT molecular complexity index is 1370. The number of nitrogens with one attached hydrogen (secondary N) is 2. The molecular weight excluding hydrogens is 490 g/mol. The van der Waals surface area contributed by atoms with Crippen LogP contribution in [0.25, 0.3) is 0 Å². The van der Waals surface area contributed by atoms with Gasteiger partial charge < -0.3 is 34.0 Å². The summed E-state index contributed by atoms with van der Waals surface area (Å²) in [5.41, 5.74) is 3.21. The zero-order valence-electron chi connectivity index (χ0n) is 20.5. The van der Waals surface area contributed by atoms with Crippen molar-refractivity contribution in [1.82, 2.24) is 14.9 Å². The molecule has 1 aliphatic heterocycles. The zero-order valence-corrected chi connectivity index (χ0v) is 21.3. The molecule has 3 aromatic heterocycles. The minimum atomic E-state index is -0.282. The van der Waals surface area contributed by atoms with Crippen molar-refractivity contribution in [2.45, 2.75) is 18.6 Å². The normalized spacial score (nSPS) is 17.0. The molecule has 4 heterocycles. The van der Waals surface area contributed by atoms with Crippen LogP contribution in [0, 0.1) is 0 Å². The lowest BCUT2D eigenvalue weighted by atomic mass is 10.0. The Morgan fingerprint density at radius 3 is 2.78 bits per heavy atom. The molecule has 0 bridgehead atoms. The molecule has 2 atom stereocenters. The molecule has 10 heteroatoms. The number of pyridine rings is 1. The average Bonchev–Trinajstić information content (AvgIpc) is 3.65. The van der Waals surface area contributed by atoms with E-state index in [4.69, 9.17) is 26.1 Å². The van der Waals surface area contributed by atoms with Crippen LogP contribution in [0.5, 0.6) is 5.75 Å². The van der Waals surface area contributed by atoms with Gasteiger partial charge >= 0.3 is 0 Å². The molecule has 190 valence electrons. The predicted molar refractivity (Wildman–Crippen MR) is 144 cm³/mol. The highest BCUT2D eigenvalue weighted by molar-refractivity contribution is 7.80. The van der Waals surface area contributed by atoms with Crippen LogP contribution in [0.4, 0.5) is 11.4 Å². The van der Waals surface area contributed by atoms with Gasteiger partial charge in [0.05, 0.1) is 37.3 Å². The molecule has 2 unspecified atom stereocenters. The van der Waals surface area contributed by atoms with Crippen LogP contribution in [-0.4, -0.2) is 41.4 Å². The summed E-state index contributed by atoms with van der Waals surface area (Å²) in [4.78, 5) is 19.0. The van der Waals surface area contributed by atoms with E-state index in [1.165, 1.54) is 7.11 Å². The third kappa shape index (κ3) is 5.07. The Kier molecular flexibility index (Phi) is 7.20. The first-order valence-corrected chi connectivity index (χ1v) is 12.1. The molecule has 1 amide bonds. The number of aromatic nitrogens is 2. The van der Waals surface area contributed by atoms with Gasteiger partial charge in [0, 0.05) is 30.9 Å². The molecule has 37 heavy (non-hydrogen) atoms. The number of benzene rings is 1. The summed E-state index contributed by atoms with van der Waals surface area (Å²) in [7, 11) is 3.03. The largest absolute Gasteiger partial charge is 0.495 e. The summed E-state index contributed by atoms with van der Waals surface area (Å²) in [6.45, 7) is 0.504. The minimum absolute atomic E-state index is 0.0677. The van der Waals surface area contributed by atoms with Gasteiger partial charge in [-0.2, -0.15) is 0 Å². The molecule has 0 aliphatic carbocycles. The van der Waals surface area contributed by atoms with Crippen LogP contribution < -0.4 is 20.3 Å². The number of carbonyl (C=O) groups excluding carboxylic acids is 1. The van der Waals surface area contributed by atoms with Crippen molar-refractivity contribution >= 4 is 34.6 Å². The summed E-state index contributed by atoms with van der Waals surface area (Å²) in [5, 5.41) is 6.88. The van der Waals surface area contributed by atoms with Crippen molar-refractivity contribution < 1.29 is 18.7 Å². The Morgan fingerprint density at radius 2 is 2.05 bits per heavy atom. The maximum Gasteiger partial charge on any atom is 0.250 e. The van der Waals surface area contributed by atoms with Gasteiger partial charge in [0.15, 0.2) is 5.11 Å². The van der Waals surface area contributed by atoms with E-state index >= 15 is 0 Å². The van der Waals surface area contributed by atoms with Gasteiger partial charge in [0.25, 0.3) is 0 Å². The van der Waals surface area contributed by atoms with Crippen molar-refractivity contribution in [3.63, 3.8) is 0 Å². The number of amides is 1. The number of rotatable bonds is 9. The van der Waals surface area contributed by atoms with Gasteiger partial charge in [-0.25, -0.2) is 0 Å². The Labute approximate surface area is 220 Å². The van der Waals surface area contributed by atoms with E-state index in [2.05, 4.69) is 26.3 Å². The summed E-state index contributed by atoms with van der Waals surface area (Å²) >= 11 is 5.86. The predicted octanol–water partition coefficient (Wildman–Crippen LogP) is 4.30. The van der Waals surface area contributed by atoms with E-state index in [1.54, 1.807) is 19.6 Å². The van der Waals surface area contributed by atoms with Gasteiger partial charge in [-0.1, -0.05) is 6.07 Å². The number of hydrogen-bond acceptors (Lipinski definition) is 6. The lowest BCUT2D eigenvalue weighted by molar-refractivity contribution is -0.119. The number of methoxy groups -OCH3 is 2. The summed E-state index contributed by atoms with van der Waals surface area (Å²) in [6, 6.07) is 18.9. The standard InChI is InChI=1S/C27H27N5O4S/c1-34-17-24(33)29-21-15-18(10-11-23(21)35-2)32-26(25(30-27(32)37)20-8-3-4-12-28-20)22-9-5-13-31(22)16-19-7-6-14-36-19/h3-15,25-26H,16-17H2,1-2H3,(H,29,33)(H,30,37). The fourth-order valence-electron chi connectivity index (χ4n) is 4.60. The van der Waals surface area contributed by atoms with Crippen molar-refractivity contribution in [3.8, 4) is 5.75 Å². The minimum Gasteiger partial charge on any atom is -0.495 e. The molecule has 0 spiro atoms. The number of anilines is 2. The molecule has 0 radical (unpaired) electrons. The number of thiocarbonyl (C=S) groups is 1. The van der Waals surface area contributed by atoms with Crippen LogP contribution in [0.2, 0.25) is 0 Å². The quantitative estimate of drug-likeness (QED) is 0.318. The molecule has 1 saturated heterocycles. The van der Waals surface area contributed by atoms with Crippen LogP contribution in [-0.2, 0) is 16.1 Å². The first-order chi connectivity index (χ1) is 18.1. The number of carbonyl (C=O) groups is 1. The Hall–Kier alpha value is -4.15. The Balaban J connectivity index is 1.58. The van der Waals surface area contributed by atoms with Crippen LogP contribution >= 0.6 is 12.2 Å². The van der Waals surface area contributed by atoms with E-state index in [0.29, 0.717) is 23.1 Å². The maximum atomic E-state index is 12.3. The highest BCUT2D eigenvalue weighted by Crippen LogP contribution is 2.43. The van der Waals surface area contributed by atoms with E-state index < -0.39 is 0 Å². The first-order valence-electron chi connectivity index (χ1n) is 11.7. The van der Waals surface area contributed by atoms with E-state index in [-0.39, 0.29) is 24.6 Å². The van der Waals surface area contributed by atoms with Crippen molar-refractivity contribution in [2.75, 3.05) is 31.0 Å². The summed E-state index contributed by atoms with van der Waals surface area (Å²) in [6.07, 6.45) is 5.47. The molecule has 1 aromatic carbocycles. The highest BCUT2D eigenvalue weighted by atomic mass is 32.1. The number of ether oxygens (including phenoxy) is 2.